The Balaban J connectivity index is 2.57. The lowest BCUT2D eigenvalue weighted by Crippen LogP contribution is -2.30. The molecule has 0 heterocycles. The highest BCUT2D eigenvalue weighted by atomic mass is 16.3. The quantitative estimate of drug-likeness (QED) is 0.583. The van der Waals surface area contributed by atoms with Crippen LogP contribution in [-0.4, -0.2) is 6.04 Å². The molecule has 1 rings (SSSR count). The van der Waals surface area contributed by atoms with Gasteiger partial charge in [0.15, 0.2) is 0 Å². The Hall–Kier alpha value is -0.400. The molecule has 1 fully saturated rings. The number of rotatable bonds is 2. The minimum Gasteiger partial charge on any atom is -0.151 e. The third-order valence-corrected chi connectivity index (χ3v) is 3.53. The fourth-order valence-corrected chi connectivity index (χ4v) is 2.39. The fraction of sp³-hybridized carbons (Fsp3) is 1.00. The van der Waals surface area contributed by atoms with E-state index in [9.17, 15) is 4.91 Å². The number of hydrogen-bond acceptors (Lipinski definition) is 2. The van der Waals surface area contributed by atoms with E-state index >= 15 is 0 Å². The van der Waals surface area contributed by atoms with Crippen LogP contribution in [0.15, 0.2) is 5.18 Å². The summed E-state index contributed by atoms with van der Waals surface area (Å²) in [6.07, 6.45) is 3.21. The summed E-state index contributed by atoms with van der Waals surface area (Å²) in [5.41, 5.74) is 0. The zero-order valence-corrected chi connectivity index (χ0v) is 8.29. The van der Waals surface area contributed by atoms with Gasteiger partial charge in [0.1, 0.15) is 0 Å². The van der Waals surface area contributed by atoms with E-state index in [1.807, 2.05) is 0 Å². The second-order valence-corrected chi connectivity index (χ2v) is 4.24. The van der Waals surface area contributed by atoms with Crippen molar-refractivity contribution in [3.63, 3.8) is 0 Å². The molecular weight excluding hydrogens is 150 g/mol. The topological polar surface area (TPSA) is 29.4 Å². The van der Waals surface area contributed by atoms with E-state index in [0.29, 0.717) is 5.92 Å². The Morgan fingerprint density at radius 3 is 2.50 bits per heavy atom. The van der Waals surface area contributed by atoms with Crippen molar-refractivity contribution in [2.45, 2.75) is 46.1 Å². The van der Waals surface area contributed by atoms with Gasteiger partial charge in [0.05, 0.1) is 6.04 Å². The molecule has 0 radical (unpaired) electrons. The third kappa shape index (κ3) is 1.85. The summed E-state index contributed by atoms with van der Waals surface area (Å²) in [5, 5.41) is 3.18. The molecule has 1 aliphatic carbocycles. The van der Waals surface area contributed by atoms with Crippen LogP contribution in [0.2, 0.25) is 0 Å². The third-order valence-electron chi connectivity index (χ3n) is 3.53. The molecule has 0 spiro atoms. The van der Waals surface area contributed by atoms with Crippen LogP contribution in [0, 0.1) is 22.7 Å². The number of nitrogens with zero attached hydrogens (tertiary/aromatic N) is 1. The van der Waals surface area contributed by atoms with E-state index in [1.165, 1.54) is 6.42 Å². The summed E-state index contributed by atoms with van der Waals surface area (Å²) < 4.78 is 0. The van der Waals surface area contributed by atoms with Crippen LogP contribution in [0.5, 0.6) is 0 Å². The van der Waals surface area contributed by atoms with Crippen molar-refractivity contribution in [2.24, 2.45) is 22.9 Å². The van der Waals surface area contributed by atoms with Crippen LogP contribution in [0.25, 0.3) is 0 Å². The van der Waals surface area contributed by atoms with Crippen molar-refractivity contribution < 1.29 is 0 Å². The first-order chi connectivity index (χ1) is 5.69. The van der Waals surface area contributed by atoms with Crippen LogP contribution in [-0.2, 0) is 0 Å². The van der Waals surface area contributed by atoms with Crippen LogP contribution in [0.1, 0.15) is 40.0 Å². The average Bonchev–Trinajstić information content (AvgIpc) is 2.09. The van der Waals surface area contributed by atoms with Gasteiger partial charge in [-0.1, -0.05) is 32.4 Å². The van der Waals surface area contributed by atoms with Gasteiger partial charge in [-0.2, -0.15) is 4.91 Å². The summed E-state index contributed by atoms with van der Waals surface area (Å²) in [6.45, 7) is 6.76. The van der Waals surface area contributed by atoms with Crippen LogP contribution < -0.4 is 0 Å². The molecule has 4 atom stereocenters. The number of nitroso groups, excluding NO2 is 1. The molecule has 70 valence electrons. The molecule has 0 aromatic rings. The van der Waals surface area contributed by atoms with Crippen molar-refractivity contribution in [1.82, 2.24) is 0 Å². The second kappa shape index (κ2) is 4.01. The van der Waals surface area contributed by atoms with Gasteiger partial charge in [0.25, 0.3) is 0 Å². The maximum absolute atomic E-state index is 10.4. The average molecular weight is 169 g/mol. The molecule has 1 aliphatic rings. The van der Waals surface area contributed by atoms with Gasteiger partial charge in [0.2, 0.25) is 0 Å². The monoisotopic (exact) mass is 169 g/mol. The van der Waals surface area contributed by atoms with Crippen molar-refractivity contribution in [3.8, 4) is 0 Å². The second-order valence-electron chi connectivity index (χ2n) is 4.24. The SMILES string of the molecule is CCC1CC(N=O)CC(C)C1C. The molecule has 12 heavy (non-hydrogen) atoms. The van der Waals surface area contributed by atoms with Gasteiger partial charge >= 0.3 is 0 Å². The van der Waals surface area contributed by atoms with Crippen LogP contribution in [0.4, 0.5) is 0 Å². The van der Waals surface area contributed by atoms with Crippen LogP contribution >= 0.6 is 0 Å². The molecule has 4 unspecified atom stereocenters. The minimum absolute atomic E-state index is 0.0983. The Kier molecular flexibility index (Phi) is 3.24. The highest BCUT2D eigenvalue weighted by Gasteiger charge is 2.32. The Morgan fingerprint density at radius 2 is 2.00 bits per heavy atom. The minimum atomic E-state index is 0.0983. The zero-order chi connectivity index (χ0) is 9.14. The zero-order valence-electron chi connectivity index (χ0n) is 8.29. The van der Waals surface area contributed by atoms with Crippen molar-refractivity contribution >= 4 is 0 Å². The Labute approximate surface area is 74.7 Å². The summed E-state index contributed by atoms with van der Waals surface area (Å²) >= 11 is 0. The van der Waals surface area contributed by atoms with E-state index in [1.54, 1.807) is 0 Å². The highest BCUT2D eigenvalue weighted by Crippen LogP contribution is 2.37. The maximum Gasteiger partial charge on any atom is 0.0925 e. The van der Waals surface area contributed by atoms with E-state index < -0.39 is 0 Å². The smallest absolute Gasteiger partial charge is 0.0925 e. The van der Waals surface area contributed by atoms with Crippen molar-refractivity contribution in [2.75, 3.05) is 0 Å². The molecule has 1 saturated carbocycles. The molecule has 0 aromatic carbocycles. The van der Waals surface area contributed by atoms with Gasteiger partial charge in [-0.3, -0.25) is 0 Å². The van der Waals surface area contributed by atoms with Crippen LogP contribution in [0.3, 0.4) is 0 Å². The lowest BCUT2D eigenvalue weighted by atomic mass is 9.71. The van der Waals surface area contributed by atoms with E-state index in [4.69, 9.17) is 0 Å². The Bertz CT molecular complexity index is 158. The molecule has 0 amide bonds. The first kappa shape index (κ1) is 9.69. The standard InChI is InChI=1S/C10H19NO/c1-4-9-6-10(11-12)5-7(2)8(9)3/h7-10H,4-6H2,1-3H3. The molecule has 2 nitrogen and oxygen atoms in total. The van der Waals surface area contributed by atoms with Gasteiger partial charge in [0, 0.05) is 0 Å². The normalized spacial score (nSPS) is 42.6. The van der Waals surface area contributed by atoms with Gasteiger partial charge < -0.3 is 0 Å². The predicted molar refractivity (Wildman–Crippen MR) is 50.9 cm³/mol. The molecule has 0 saturated heterocycles. The molecule has 0 aromatic heterocycles. The predicted octanol–water partition coefficient (Wildman–Crippen LogP) is 3.21. The maximum atomic E-state index is 10.4. The van der Waals surface area contributed by atoms with Gasteiger partial charge in [-0.05, 0) is 30.6 Å². The van der Waals surface area contributed by atoms with E-state index in [0.717, 1.165) is 24.7 Å². The molecule has 0 bridgehead atoms. The summed E-state index contributed by atoms with van der Waals surface area (Å²) in [5.74, 6) is 2.16. The fourth-order valence-electron chi connectivity index (χ4n) is 2.39. The molecule has 2 heteroatoms. The van der Waals surface area contributed by atoms with Gasteiger partial charge in [-0.25, -0.2) is 0 Å². The highest BCUT2D eigenvalue weighted by molar-refractivity contribution is 4.84. The summed E-state index contributed by atoms with van der Waals surface area (Å²) in [4.78, 5) is 10.4. The largest absolute Gasteiger partial charge is 0.151 e. The summed E-state index contributed by atoms with van der Waals surface area (Å²) in [7, 11) is 0. The van der Waals surface area contributed by atoms with Crippen molar-refractivity contribution in [3.05, 3.63) is 4.91 Å². The first-order valence-electron chi connectivity index (χ1n) is 5.01. The molecule has 0 N–H and O–H groups in total. The lowest BCUT2D eigenvalue weighted by molar-refractivity contribution is 0.159. The number of hydrogen-bond donors (Lipinski definition) is 0. The van der Waals surface area contributed by atoms with E-state index in [2.05, 4.69) is 25.9 Å². The molecular formula is C10H19NO. The summed E-state index contributed by atoms with van der Waals surface area (Å²) in [6, 6.07) is 0.0983. The van der Waals surface area contributed by atoms with E-state index in [-0.39, 0.29) is 6.04 Å². The first-order valence-corrected chi connectivity index (χ1v) is 5.01. The van der Waals surface area contributed by atoms with Gasteiger partial charge in [-0.15, -0.1) is 0 Å². The van der Waals surface area contributed by atoms with Crippen molar-refractivity contribution in [1.29, 1.82) is 0 Å². The molecule has 0 aliphatic heterocycles. The lowest BCUT2D eigenvalue weighted by Gasteiger charge is -2.35. The Morgan fingerprint density at radius 1 is 1.33 bits per heavy atom.